The molecule has 0 amide bonds. The second-order valence-corrected chi connectivity index (χ2v) is 5.26. The van der Waals surface area contributed by atoms with Gasteiger partial charge in [-0.1, -0.05) is 32.1 Å². The standard InChI is InChI=1S/C11H22OS/c1-3-12-11(2,13)9-10-7-5-4-6-8-10/h10,13H,3-9H2,1-2H3. The van der Waals surface area contributed by atoms with Crippen molar-refractivity contribution in [3.05, 3.63) is 0 Å². The first kappa shape index (κ1) is 11.4. The molecular formula is C11H22OS. The molecule has 1 unspecified atom stereocenters. The maximum Gasteiger partial charge on any atom is 0.108 e. The van der Waals surface area contributed by atoms with Crippen LogP contribution in [0.1, 0.15) is 52.4 Å². The second kappa shape index (κ2) is 5.26. The third kappa shape index (κ3) is 4.37. The van der Waals surface area contributed by atoms with E-state index in [-0.39, 0.29) is 4.93 Å². The van der Waals surface area contributed by atoms with Crippen LogP contribution in [0, 0.1) is 5.92 Å². The molecule has 0 aromatic rings. The quantitative estimate of drug-likeness (QED) is 0.541. The summed E-state index contributed by atoms with van der Waals surface area (Å²) in [6.45, 7) is 4.90. The van der Waals surface area contributed by atoms with Gasteiger partial charge < -0.3 is 4.74 Å². The SMILES string of the molecule is CCOC(C)(S)CC1CCCCC1. The molecule has 0 saturated heterocycles. The first-order chi connectivity index (χ1) is 6.14. The van der Waals surface area contributed by atoms with Crippen molar-refractivity contribution in [2.24, 2.45) is 5.92 Å². The van der Waals surface area contributed by atoms with E-state index in [9.17, 15) is 0 Å². The summed E-state index contributed by atoms with van der Waals surface area (Å²) in [6, 6.07) is 0. The van der Waals surface area contributed by atoms with Crippen molar-refractivity contribution in [3.63, 3.8) is 0 Å². The molecule has 13 heavy (non-hydrogen) atoms. The lowest BCUT2D eigenvalue weighted by Crippen LogP contribution is -2.26. The molecule has 2 heteroatoms. The summed E-state index contributed by atoms with van der Waals surface area (Å²) in [5, 5.41) is 0. The average Bonchev–Trinajstić information content (AvgIpc) is 2.04. The minimum Gasteiger partial charge on any atom is -0.365 e. The van der Waals surface area contributed by atoms with Crippen molar-refractivity contribution in [1.29, 1.82) is 0 Å². The van der Waals surface area contributed by atoms with Crippen molar-refractivity contribution in [2.75, 3.05) is 6.61 Å². The third-order valence-electron chi connectivity index (χ3n) is 2.85. The molecule has 1 atom stereocenters. The molecule has 0 aromatic heterocycles. The Balaban J connectivity index is 2.28. The summed E-state index contributed by atoms with van der Waals surface area (Å²) in [5.41, 5.74) is 0. The highest BCUT2D eigenvalue weighted by atomic mass is 32.1. The van der Waals surface area contributed by atoms with E-state index in [2.05, 4.69) is 19.6 Å². The molecule has 0 aromatic carbocycles. The van der Waals surface area contributed by atoms with Gasteiger partial charge in [-0.05, 0) is 26.2 Å². The van der Waals surface area contributed by atoms with E-state index in [1.807, 2.05) is 6.92 Å². The molecule has 0 bridgehead atoms. The fraction of sp³-hybridized carbons (Fsp3) is 1.00. The Morgan fingerprint density at radius 1 is 1.31 bits per heavy atom. The van der Waals surface area contributed by atoms with Gasteiger partial charge in [-0.2, -0.15) is 0 Å². The zero-order valence-electron chi connectivity index (χ0n) is 8.88. The van der Waals surface area contributed by atoms with E-state index in [0.29, 0.717) is 0 Å². The van der Waals surface area contributed by atoms with Gasteiger partial charge in [-0.15, -0.1) is 12.6 Å². The van der Waals surface area contributed by atoms with Crippen LogP contribution in [0.5, 0.6) is 0 Å². The van der Waals surface area contributed by atoms with Crippen molar-refractivity contribution in [1.82, 2.24) is 0 Å². The van der Waals surface area contributed by atoms with Crippen LogP contribution >= 0.6 is 12.6 Å². The highest BCUT2D eigenvalue weighted by Gasteiger charge is 2.25. The maximum atomic E-state index is 5.60. The molecule has 1 nitrogen and oxygen atoms in total. The summed E-state index contributed by atoms with van der Waals surface area (Å²) in [6.07, 6.45) is 8.10. The van der Waals surface area contributed by atoms with Crippen LogP contribution in [0.3, 0.4) is 0 Å². The first-order valence-corrected chi connectivity index (χ1v) is 5.95. The molecule has 1 aliphatic rings. The van der Waals surface area contributed by atoms with E-state index < -0.39 is 0 Å². The Morgan fingerprint density at radius 3 is 2.46 bits per heavy atom. The summed E-state index contributed by atoms with van der Waals surface area (Å²) in [7, 11) is 0. The van der Waals surface area contributed by atoms with E-state index in [1.54, 1.807) is 0 Å². The monoisotopic (exact) mass is 202 g/mol. The van der Waals surface area contributed by atoms with Crippen LogP contribution < -0.4 is 0 Å². The van der Waals surface area contributed by atoms with Crippen LogP contribution in [0.15, 0.2) is 0 Å². The van der Waals surface area contributed by atoms with Crippen molar-refractivity contribution in [2.45, 2.75) is 57.3 Å². The van der Waals surface area contributed by atoms with E-state index in [0.717, 1.165) is 18.9 Å². The normalized spacial score (nSPS) is 24.2. The van der Waals surface area contributed by atoms with Gasteiger partial charge in [0, 0.05) is 6.61 Å². The van der Waals surface area contributed by atoms with Gasteiger partial charge in [0.2, 0.25) is 0 Å². The predicted octanol–water partition coefficient (Wildman–Crippen LogP) is 3.64. The Hall–Kier alpha value is 0.310. The molecule has 0 spiro atoms. The van der Waals surface area contributed by atoms with Crippen LogP contribution in [0.4, 0.5) is 0 Å². The molecule has 0 aliphatic heterocycles. The molecule has 0 heterocycles. The molecule has 0 N–H and O–H groups in total. The maximum absolute atomic E-state index is 5.60. The zero-order valence-corrected chi connectivity index (χ0v) is 9.78. The van der Waals surface area contributed by atoms with Gasteiger partial charge in [0.25, 0.3) is 0 Å². The second-order valence-electron chi connectivity index (χ2n) is 4.32. The zero-order chi connectivity index (χ0) is 9.73. The molecule has 1 rings (SSSR count). The Labute approximate surface area is 87.7 Å². The summed E-state index contributed by atoms with van der Waals surface area (Å²) in [4.78, 5) is -0.198. The Kier molecular flexibility index (Phi) is 4.60. The van der Waals surface area contributed by atoms with Crippen LogP contribution in [0.2, 0.25) is 0 Å². The highest BCUT2D eigenvalue weighted by Crippen LogP contribution is 2.33. The fourth-order valence-corrected chi connectivity index (χ4v) is 2.68. The topological polar surface area (TPSA) is 9.23 Å². The van der Waals surface area contributed by atoms with Crippen LogP contribution in [0.25, 0.3) is 0 Å². The van der Waals surface area contributed by atoms with Crippen molar-refractivity contribution >= 4 is 12.6 Å². The molecule has 1 fully saturated rings. The summed E-state index contributed by atoms with van der Waals surface area (Å²) >= 11 is 4.55. The molecule has 0 radical (unpaired) electrons. The van der Waals surface area contributed by atoms with Gasteiger partial charge in [0.15, 0.2) is 0 Å². The van der Waals surface area contributed by atoms with Crippen LogP contribution in [-0.4, -0.2) is 11.5 Å². The Morgan fingerprint density at radius 2 is 1.92 bits per heavy atom. The average molecular weight is 202 g/mol. The summed E-state index contributed by atoms with van der Waals surface area (Å²) in [5.74, 6) is 0.850. The highest BCUT2D eigenvalue weighted by molar-refractivity contribution is 7.81. The van der Waals surface area contributed by atoms with Gasteiger partial charge >= 0.3 is 0 Å². The largest absolute Gasteiger partial charge is 0.365 e. The van der Waals surface area contributed by atoms with Gasteiger partial charge in [0.05, 0.1) is 0 Å². The van der Waals surface area contributed by atoms with Crippen molar-refractivity contribution in [3.8, 4) is 0 Å². The molecule has 78 valence electrons. The number of ether oxygens (including phenoxy) is 1. The van der Waals surface area contributed by atoms with Crippen molar-refractivity contribution < 1.29 is 4.74 Å². The number of rotatable bonds is 4. The van der Waals surface area contributed by atoms with E-state index in [1.165, 1.54) is 32.1 Å². The molecule has 1 aliphatic carbocycles. The van der Waals surface area contributed by atoms with Gasteiger partial charge in [0.1, 0.15) is 4.93 Å². The lowest BCUT2D eigenvalue weighted by molar-refractivity contribution is 0.0273. The minimum atomic E-state index is -0.198. The first-order valence-electron chi connectivity index (χ1n) is 5.50. The predicted molar refractivity (Wildman–Crippen MR) is 60.2 cm³/mol. The number of thiol groups is 1. The van der Waals surface area contributed by atoms with E-state index in [4.69, 9.17) is 4.74 Å². The molecule has 1 saturated carbocycles. The van der Waals surface area contributed by atoms with E-state index >= 15 is 0 Å². The summed E-state index contributed by atoms with van der Waals surface area (Å²) < 4.78 is 5.60. The number of hydrogen-bond donors (Lipinski definition) is 1. The number of hydrogen-bond acceptors (Lipinski definition) is 2. The Bertz CT molecular complexity index is 139. The molecular weight excluding hydrogens is 180 g/mol. The smallest absolute Gasteiger partial charge is 0.108 e. The fourth-order valence-electron chi connectivity index (χ4n) is 2.30. The third-order valence-corrected chi connectivity index (χ3v) is 3.16. The van der Waals surface area contributed by atoms with Gasteiger partial charge in [-0.25, -0.2) is 0 Å². The lowest BCUT2D eigenvalue weighted by atomic mass is 9.85. The van der Waals surface area contributed by atoms with Gasteiger partial charge in [-0.3, -0.25) is 0 Å². The lowest BCUT2D eigenvalue weighted by Gasteiger charge is -2.30. The van der Waals surface area contributed by atoms with Crippen LogP contribution in [-0.2, 0) is 4.74 Å². The minimum absolute atomic E-state index is 0.198.